The zero-order valence-corrected chi connectivity index (χ0v) is 10.5. The van der Waals surface area contributed by atoms with Gasteiger partial charge in [0, 0.05) is 6.04 Å². The molecule has 3 unspecified atom stereocenters. The Morgan fingerprint density at radius 3 is 2.50 bits per heavy atom. The van der Waals surface area contributed by atoms with E-state index >= 15 is 0 Å². The fourth-order valence-electron chi connectivity index (χ4n) is 4.16. The van der Waals surface area contributed by atoms with Crippen molar-refractivity contribution in [1.29, 1.82) is 0 Å². The number of benzene rings is 2. The van der Waals surface area contributed by atoms with Crippen molar-refractivity contribution in [3.05, 3.63) is 48.0 Å². The predicted octanol–water partition coefficient (Wildman–Crippen LogP) is 3.89. The van der Waals surface area contributed by atoms with Gasteiger partial charge in [0.05, 0.1) is 0 Å². The molecule has 1 nitrogen and oxygen atoms in total. The molecule has 0 spiro atoms. The fourth-order valence-corrected chi connectivity index (χ4v) is 4.16. The van der Waals surface area contributed by atoms with Crippen LogP contribution in [0, 0.1) is 17.8 Å². The number of rotatable bonds is 2. The second kappa shape index (κ2) is 3.83. The van der Waals surface area contributed by atoms with Crippen molar-refractivity contribution >= 4 is 10.8 Å². The molecule has 3 atom stereocenters. The average Bonchev–Trinajstić information content (AvgIpc) is 2.90. The normalized spacial score (nSPS) is 31.3. The minimum Gasteiger partial charge on any atom is -0.324 e. The van der Waals surface area contributed by atoms with Crippen molar-refractivity contribution < 1.29 is 0 Å². The Morgan fingerprint density at radius 2 is 1.67 bits per heavy atom. The zero-order chi connectivity index (χ0) is 12.1. The molecule has 2 N–H and O–H groups in total. The van der Waals surface area contributed by atoms with Crippen LogP contribution >= 0.6 is 0 Å². The van der Waals surface area contributed by atoms with E-state index in [4.69, 9.17) is 5.73 Å². The lowest BCUT2D eigenvalue weighted by atomic mass is 9.93. The number of fused-ring (bicyclic) bond motifs is 2. The maximum atomic E-state index is 6.56. The molecule has 2 fully saturated rings. The second-order valence-electron chi connectivity index (χ2n) is 5.93. The molecule has 2 aromatic carbocycles. The van der Waals surface area contributed by atoms with Gasteiger partial charge in [-0.2, -0.15) is 0 Å². The van der Waals surface area contributed by atoms with Crippen LogP contribution in [0.5, 0.6) is 0 Å². The first-order chi connectivity index (χ1) is 8.86. The third-order valence-electron chi connectivity index (χ3n) is 5.07. The van der Waals surface area contributed by atoms with Gasteiger partial charge in [0.25, 0.3) is 0 Å². The Balaban J connectivity index is 1.74. The quantitative estimate of drug-likeness (QED) is 0.842. The molecule has 4 rings (SSSR count). The third kappa shape index (κ3) is 1.44. The number of nitrogens with two attached hydrogens (primary N) is 1. The number of hydrogen-bond acceptors (Lipinski definition) is 1. The average molecular weight is 237 g/mol. The maximum Gasteiger partial charge on any atom is 0.0335 e. The van der Waals surface area contributed by atoms with Crippen LogP contribution in [0.1, 0.15) is 30.9 Å². The lowest BCUT2D eigenvalue weighted by molar-refractivity contribution is 0.504. The van der Waals surface area contributed by atoms with Crippen LogP contribution in [-0.4, -0.2) is 0 Å². The SMILES string of the molecule is NC(c1cccc2ccccc12)C1C2CCCC21. The first-order valence-electron chi connectivity index (χ1n) is 7.09. The summed E-state index contributed by atoms with van der Waals surface area (Å²) in [5, 5.41) is 2.66. The molecule has 0 amide bonds. The van der Waals surface area contributed by atoms with Gasteiger partial charge in [0.15, 0.2) is 0 Å². The lowest BCUT2D eigenvalue weighted by Gasteiger charge is -2.16. The van der Waals surface area contributed by atoms with Gasteiger partial charge in [-0.3, -0.25) is 0 Å². The van der Waals surface area contributed by atoms with E-state index in [0.717, 1.165) is 17.8 Å². The molecule has 0 aliphatic heterocycles. The van der Waals surface area contributed by atoms with Crippen molar-refractivity contribution in [3.63, 3.8) is 0 Å². The van der Waals surface area contributed by atoms with E-state index in [2.05, 4.69) is 42.5 Å². The highest BCUT2D eigenvalue weighted by molar-refractivity contribution is 5.86. The fraction of sp³-hybridized carbons (Fsp3) is 0.412. The highest BCUT2D eigenvalue weighted by Crippen LogP contribution is 2.61. The standard InChI is InChI=1S/C17H19N/c18-17(16-13-8-4-9-14(13)16)15-10-3-6-11-5-1-2-7-12(11)15/h1-3,5-7,10,13-14,16-17H,4,8-9,18H2. The molecule has 0 radical (unpaired) electrons. The smallest absolute Gasteiger partial charge is 0.0335 e. The van der Waals surface area contributed by atoms with Crippen LogP contribution in [0.4, 0.5) is 0 Å². The van der Waals surface area contributed by atoms with E-state index < -0.39 is 0 Å². The van der Waals surface area contributed by atoms with Gasteiger partial charge in [-0.05, 0) is 46.9 Å². The molecule has 0 saturated heterocycles. The molecular weight excluding hydrogens is 218 g/mol. The summed E-state index contributed by atoms with van der Waals surface area (Å²) < 4.78 is 0. The van der Waals surface area contributed by atoms with E-state index in [0.29, 0.717) is 0 Å². The van der Waals surface area contributed by atoms with Crippen LogP contribution in [0.25, 0.3) is 10.8 Å². The van der Waals surface area contributed by atoms with Crippen LogP contribution < -0.4 is 5.73 Å². The molecule has 0 bridgehead atoms. The summed E-state index contributed by atoms with van der Waals surface area (Å²) in [5.41, 5.74) is 7.91. The predicted molar refractivity (Wildman–Crippen MR) is 75.2 cm³/mol. The van der Waals surface area contributed by atoms with E-state index in [1.54, 1.807) is 0 Å². The van der Waals surface area contributed by atoms with E-state index in [9.17, 15) is 0 Å². The minimum atomic E-state index is 0.242. The Morgan fingerprint density at radius 1 is 0.944 bits per heavy atom. The lowest BCUT2D eigenvalue weighted by Crippen LogP contribution is -2.15. The minimum absolute atomic E-state index is 0.242. The molecule has 0 aromatic heterocycles. The molecular formula is C17H19N. The molecule has 2 saturated carbocycles. The summed E-state index contributed by atoms with van der Waals surface area (Å²) in [6.07, 6.45) is 4.25. The van der Waals surface area contributed by atoms with E-state index in [1.807, 2.05) is 0 Å². The van der Waals surface area contributed by atoms with E-state index in [1.165, 1.54) is 35.6 Å². The van der Waals surface area contributed by atoms with Crippen molar-refractivity contribution in [2.24, 2.45) is 23.5 Å². The molecule has 1 heteroatoms. The second-order valence-corrected chi connectivity index (χ2v) is 5.93. The summed E-state index contributed by atoms with van der Waals surface area (Å²) in [7, 11) is 0. The Bertz CT molecular complexity index is 574. The highest BCUT2D eigenvalue weighted by atomic mass is 14.7. The van der Waals surface area contributed by atoms with Crippen LogP contribution in [0.3, 0.4) is 0 Å². The van der Waals surface area contributed by atoms with Gasteiger partial charge in [-0.1, -0.05) is 48.9 Å². The molecule has 92 valence electrons. The summed E-state index contributed by atoms with van der Waals surface area (Å²) >= 11 is 0. The van der Waals surface area contributed by atoms with Crippen molar-refractivity contribution in [2.75, 3.05) is 0 Å². The van der Waals surface area contributed by atoms with Crippen molar-refractivity contribution in [1.82, 2.24) is 0 Å². The molecule has 2 aliphatic carbocycles. The first-order valence-corrected chi connectivity index (χ1v) is 7.09. The zero-order valence-electron chi connectivity index (χ0n) is 10.5. The summed E-state index contributed by atoms with van der Waals surface area (Å²) in [6.45, 7) is 0. The van der Waals surface area contributed by atoms with Gasteiger partial charge in [-0.25, -0.2) is 0 Å². The van der Waals surface area contributed by atoms with Crippen molar-refractivity contribution in [2.45, 2.75) is 25.3 Å². The molecule has 0 heterocycles. The Hall–Kier alpha value is -1.34. The van der Waals surface area contributed by atoms with Crippen LogP contribution in [0.15, 0.2) is 42.5 Å². The first kappa shape index (κ1) is 10.6. The van der Waals surface area contributed by atoms with Crippen LogP contribution in [-0.2, 0) is 0 Å². The van der Waals surface area contributed by atoms with Crippen LogP contribution in [0.2, 0.25) is 0 Å². The maximum absolute atomic E-state index is 6.56. The largest absolute Gasteiger partial charge is 0.324 e. The van der Waals surface area contributed by atoms with Gasteiger partial charge >= 0.3 is 0 Å². The summed E-state index contributed by atoms with van der Waals surface area (Å²) in [5.74, 6) is 2.61. The molecule has 2 aliphatic rings. The monoisotopic (exact) mass is 237 g/mol. The Labute approximate surface area is 108 Å². The van der Waals surface area contributed by atoms with Gasteiger partial charge in [0.2, 0.25) is 0 Å². The highest BCUT2D eigenvalue weighted by Gasteiger charge is 2.55. The molecule has 2 aromatic rings. The Kier molecular flexibility index (Phi) is 2.25. The summed E-state index contributed by atoms with van der Waals surface area (Å²) in [4.78, 5) is 0. The topological polar surface area (TPSA) is 26.0 Å². The van der Waals surface area contributed by atoms with Gasteiger partial charge in [0.1, 0.15) is 0 Å². The van der Waals surface area contributed by atoms with E-state index in [-0.39, 0.29) is 6.04 Å². The third-order valence-corrected chi connectivity index (χ3v) is 5.07. The van der Waals surface area contributed by atoms with Crippen molar-refractivity contribution in [3.8, 4) is 0 Å². The number of hydrogen-bond donors (Lipinski definition) is 1. The van der Waals surface area contributed by atoms with Gasteiger partial charge in [-0.15, -0.1) is 0 Å². The molecule has 18 heavy (non-hydrogen) atoms. The van der Waals surface area contributed by atoms with Gasteiger partial charge < -0.3 is 5.73 Å². The summed E-state index contributed by atoms with van der Waals surface area (Å²) in [6, 6.07) is 15.4.